The van der Waals surface area contributed by atoms with Crippen LogP contribution in [0.25, 0.3) is 0 Å². The Hall–Kier alpha value is -3.28. The maximum absolute atomic E-state index is 12.7. The number of hydrogen-bond acceptors (Lipinski definition) is 7. The van der Waals surface area contributed by atoms with Crippen LogP contribution in [0.3, 0.4) is 0 Å². The number of carbonyl (C=O) groups is 2. The van der Waals surface area contributed by atoms with E-state index in [1.165, 1.54) is 5.56 Å². The van der Waals surface area contributed by atoms with Crippen LogP contribution in [-0.2, 0) is 22.4 Å². The summed E-state index contributed by atoms with van der Waals surface area (Å²) < 4.78 is 37.2. The van der Waals surface area contributed by atoms with Crippen LogP contribution in [0, 0.1) is 0 Å². The van der Waals surface area contributed by atoms with Gasteiger partial charge in [-0.3, -0.25) is 9.78 Å². The summed E-state index contributed by atoms with van der Waals surface area (Å²) in [6.07, 6.45) is 1.39. The highest BCUT2D eigenvalue weighted by atomic mass is 19.4. The first-order chi connectivity index (χ1) is 15.3. The summed E-state index contributed by atoms with van der Waals surface area (Å²) in [5.41, 5.74) is 2.86. The Bertz CT molecular complexity index is 937. The minimum Gasteiger partial charge on any atom is -0.475 e. The van der Waals surface area contributed by atoms with Crippen molar-refractivity contribution in [1.29, 1.82) is 0 Å². The Morgan fingerprint density at radius 2 is 1.75 bits per heavy atom. The highest BCUT2D eigenvalue weighted by molar-refractivity contribution is 5.94. The van der Waals surface area contributed by atoms with E-state index in [9.17, 15) is 18.0 Å². The van der Waals surface area contributed by atoms with Crippen molar-refractivity contribution in [3.8, 4) is 0 Å². The van der Waals surface area contributed by atoms with E-state index in [4.69, 9.17) is 14.6 Å². The van der Waals surface area contributed by atoms with E-state index in [1.54, 1.807) is 24.8 Å². The number of fused-ring (bicyclic) bond motifs is 1. The zero-order valence-corrected chi connectivity index (χ0v) is 17.1. The van der Waals surface area contributed by atoms with Gasteiger partial charge in [-0.25, -0.2) is 14.8 Å². The van der Waals surface area contributed by atoms with Crippen molar-refractivity contribution in [3.63, 3.8) is 0 Å². The molecule has 0 unspecified atom stereocenters. The van der Waals surface area contributed by atoms with Gasteiger partial charge >= 0.3 is 12.1 Å². The molecule has 0 atom stereocenters. The monoisotopic (exact) mass is 453 g/mol. The molecule has 0 saturated carbocycles. The van der Waals surface area contributed by atoms with Gasteiger partial charge in [0, 0.05) is 50.6 Å². The number of aliphatic carboxylic acids is 1. The molecular weight excluding hydrogens is 431 g/mol. The second-order valence-corrected chi connectivity index (χ2v) is 7.06. The lowest BCUT2D eigenvalue weighted by Crippen LogP contribution is -2.37. The van der Waals surface area contributed by atoms with Crippen LogP contribution in [0.5, 0.6) is 0 Å². The van der Waals surface area contributed by atoms with Crippen molar-refractivity contribution < 1.29 is 32.6 Å². The Morgan fingerprint density at radius 3 is 2.38 bits per heavy atom. The predicted octanol–water partition coefficient (Wildman–Crippen LogP) is 1.58. The minimum atomic E-state index is -5.08. The van der Waals surface area contributed by atoms with Gasteiger partial charge < -0.3 is 19.6 Å². The summed E-state index contributed by atoms with van der Waals surface area (Å²) in [5.74, 6) is -1.72. The zero-order chi connectivity index (χ0) is 23.1. The number of morpholine rings is 1. The number of carbonyl (C=O) groups excluding carboxylic acids is 1. The number of hydrogen-bond donors (Lipinski definition) is 1. The fourth-order valence-electron chi connectivity index (χ4n) is 3.43. The van der Waals surface area contributed by atoms with Crippen LogP contribution in [0.1, 0.15) is 21.6 Å². The molecule has 12 heteroatoms. The molecule has 2 aliphatic heterocycles. The largest absolute Gasteiger partial charge is 0.490 e. The average Bonchev–Trinajstić information content (AvgIpc) is 3.02. The number of anilines is 1. The fraction of sp³-hybridized carbons (Fsp3) is 0.450. The SMILES string of the molecule is O=C(O)C(F)(F)F.O=C(c1cccnc1)N1CCc2ncnc(N3CCOCC3)c2CC1. The number of carboxylic acid groups (broad SMARTS) is 1. The Morgan fingerprint density at radius 1 is 1.06 bits per heavy atom. The van der Waals surface area contributed by atoms with Gasteiger partial charge in [0.15, 0.2) is 0 Å². The molecule has 4 rings (SSSR count). The molecule has 9 nitrogen and oxygen atoms in total. The van der Waals surface area contributed by atoms with Gasteiger partial charge in [-0.2, -0.15) is 13.2 Å². The van der Waals surface area contributed by atoms with Crippen molar-refractivity contribution >= 4 is 17.7 Å². The van der Waals surface area contributed by atoms with E-state index >= 15 is 0 Å². The molecule has 2 aromatic rings. The van der Waals surface area contributed by atoms with Crippen molar-refractivity contribution in [1.82, 2.24) is 19.9 Å². The van der Waals surface area contributed by atoms with E-state index in [1.807, 2.05) is 11.0 Å². The van der Waals surface area contributed by atoms with Crippen LogP contribution in [0.2, 0.25) is 0 Å². The molecule has 1 N–H and O–H groups in total. The first kappa shape index (κ1) is 23.4. The first-order valence-corrected chi connectivity index (χ1v) is 9.92. The summed E-state index contributed by atoms with van der Waals surface area (Å²) in [4.78, 5) is 38.8. The summed E-state index contributed by atoms with van der Waals surface area (Å²) in [6, 6.07) is 3.61. The topological polar surface area (TPSA) is 109 Å². The maximum atomic E-state index is 12.7. The fourth-order valence-corrected chi connectivity index (χ4v) is 3.43. The molecule has 1 fully saturated rings. The average molecular weight is 453 g/mol. The van der Waals surface area contributed by atoms with Gasteiger partial charge in [-0.05, 0) is 18.6 Å². The number of pyridine rings is 1. The van der Waals surface area contributed by atoms with E-state index in [0.717, 1.165) is 50.7 Å². The molecule has 32 heavy (non-hydrogen) atoms. The number of aromatic nitrogens is 3. The Kier molecular flexibility index (Phi) is 7.57. The molecule has 4 heterocycles. The van der Waals surface area contributed by atoms with Crippen molar-refractivity contribution in [2.75, 3.05) is 44.3 Å². The van der Waals surface area contributed by atoms with Gasteiger partial charge in [0.05, 0.1) is 24.5 Å². The Balaban J connectivity index is 0.000000360. The smallest absolute Gasteiger partial charge is 0.475 e. The minimum absolute atomic E-state index is 0.0294. The van der Waals surface area contributed by atoms with Gasteiger partial charge in [-0.1, -0.05) is 0 Å². The summed E-state index contributed by atoms with van der Waals surface area (Å²) in [5, 5.41) is 7.12. The van der Waals surface area contributed by atoms with Crippen LogP contribution >= 0.6 is 0 Å². The van der Waals surface area contributed by atoms with Crippen LogP contribution in [0.15, 0.2) is 30.9 Å². The quantitative estimate of drug-likeness (QED) is 0.730. The number of ether oxygens (including phenoxy) is 1. The molecule has 0 radical (unpaired) electrons. The summed E-state index contributed by atoms with van der Waals surface area (Å²) in [6.45, 7) is 4.49. The molecule has 0 spiro atoms. The standard InChI is InChI=1S/C18H21N5O2.C2HF3O2/c24-18(14-2-1-5-19-12-14)23-6-3-15-16(4-7-23)20-13-21-17(15)22-8-10-25-11-9-22;3-2(4,5)1(6)7/h1-2,5,12-13H,3-4,6-11H2;(H,6,7). The van der Waals surface area contributed by atoms with Gasteiger partial charge in [-0.15, -0.1) is 0 Å². The number of alkyl halides is 3. The molecule has 2 aliphatic rings. The number of carboxylic acids is 1. The van der Waals surface area contributed by atoms with E-state index < -0.39 is 12.1 Å². The second-order valence-electron chi connectivity index (χ2n) is 7.06. The normalized spacial score (nSPS) is 16.3. The third-order valence-corrected chi connectivity index (χ3v) is 5.01. The molecule has 0 aromatic carbocycles. The number of rotatable bonds is 2. The number of nitrogens with zero attached hydrogens (tertiary/aromatic N) is 5. The van der Waals surface area contributed by atoms with Crippen molar-refractivity contribution in [3.05, 3.63) is 47.7 Å². The molecule has 2 aromatic heterocycles. The highest BCUT2D eigenvalue weighted by Gasteiger charge is 2.38. The molecule has 0 bridgehead atoms. The lowest BCUT2D eigenvalue weighted by atomic mass is 10.1. The number of halogens is 3. The third-order valence-electron chi connectivity index (χ3n) is 5.01. The maximum Gasteiger partial charge on any atom is 0.490 e. The molecule has 1 amide bonds. The van der Waals surface area contributed by atoms with E-state index in [0.29, 0.717) is 18.7 Å². The van der Waals surface area contributed by atoms with E-state index in [-0.39, 0.29) is 5.91 Å². The lowest BCUT2D eigenvalue weighted by Gasteiger charge is -2.29. The van der Waals surface area contributed by atoms with Gasteiger partial charge in [0.1, 0.15) is 12.1 Å². The van der Waals surface area contributed by atoms with E-state index in [2.05, 4.69) is 19.9 Å². The molecule has 1 saturated heterocycles. The van der Waals surface area contributed by atoms with Crippen LogP contribution < -0.4 is 4.90 Å². The lowest BCUT2D eigenvalue weighted by molar-refractivity contribution is -0.192. The second kappa shape index (κ2) is 10.4. The van der Waals surface area contributed by atoms with Gasteiger partial charge in [0.25, 0.3) is 5.91 Å². The van der Waals surface area contributed by atoms with Crippen LogP contribution in [-0.4, -0.2) is 82.4 Å². The third kappa shape index (κ3) is 5.90. The van der Waals surface area contributed by atoms with Gasteiger partial charge in [0.2, 0.25) is 0 Å². The molecule has 0 aliphatic carbocycles. The number of amides is 1. The predicted molar refractivity (Wildman–Crippen MR) is 106 cm³/mol. The van der Waals surface area contributed by atoms with Crippen molar-refractivity contribution in [2.45, 2.75) is 19.0 Å². The zero-order valence-electron chi connectivity index (χ0n) is 17.1. The summed E-state index contributed by atoms with van der Waals surface area (Å²) >= 11 is 0. The molecular formula is C20H22F3N5O4. The summed E-state index contributed by atoms with van der Waals surface area (Å²) in [7, 11) is 0. The van der Waals surface area contributed by atoms with Crippen molar-refractivity contribution in [2.24, 2.45) is 0 Å². The first-order valence-electron chi connectivity index (χ1n) is 9.92. The highest BCUT2D eigenvalue weighted by Crippen LogP contribution is 2.25. The molecule has 172 valence electrons. The van der Waals surface area contributed by atoms with Crippen LogP contribution in [0.4, 0.5) is 19.0 Å². The Labute approximate surface area is 181 Å².